The minimum atomic E-state index is -0.0513. The van der Waals surface area contributed by atoms with E-state index in [4.69, 9.17) is 0 Å². The first kappa shape index (κ1) is 27.8. The van der Waals surface area contributed by atoms with Gasteiger partial charge < -0.3 is 10.5 Å². The van der Waals surface area contributed by atoms with Crippen molar-refractivity contribution in [1.82, 2.24) is 0 Å². The Balaban J connectivity index is 1.49. The van der Waals surface area contributed by atoms with Gasteiger partial charge in [-0.15, -0.1) is 0 Å². The Hall–Kier alpha value is -5.73. The Kier molecular flexibility index (Phi) is 7.46. The smallest absolute Gasteiger partial charge is 0.321 e. The van der Waals surface area contributed by atoms with Crippen LogP contribution in [0.2, 0.25) is 0 Å². The normalized spacial score (nSPS) is 14.1. The summed E-state index contributed by atoms with van der Waals surface area (Å²) in [7, 11) is 0. The fourth-order valence-electron chi connectivity index (χ4n) is 6.85. The van der Waals surface area contributed by atoms with Gasteiger partial charge in [0.2, 0.25) is 0 Å². The molecular formula is C42H32B2N2. The van der Waals surface area contributed by atoms with Crippen molar-refractivity contribution in [3.05, 3.63) is 203 Å². The Morgan fingerprint density at radius 3 is 1.07 bits per heavy atom. The summed E-state index contributed by atoms with van der Waals surface area (Å²) in [6, 6.07) is 60.7. The lowest BCUT2D eigenvalue weighted by Gasteiger charge is -2.33. The second-order valence-corrected chi connectivity index (χ2v) is 11.8. The van der Waals surface area contributed by atoms with Crippen LogP contribution in [0.4, 0.5) is 11.4 Å². The number of rotatable bonds is 6. The maximum Gasteiger partial charge on any atom is 0.321 e. The van der Waals surface area contributed by atoms with Crippen LogP contribution in [0.1, 0.15) is 22.3 Å². The number of fused-ring (bicyclic) bond motifs is 2. The Labute approximate surface area is 272 Å². The van der Waals surface area contributed by atoms with E-state index in [9.17, 15) is 0 Å². The monoisotopic (exact) mass is 586 g/mol. The predicted octanol–water partition coefficient (Wildman–Crippen LogP) is 8.49. The highest BCUT2D eigenvalue weighted by atomic mass is 14.8. The maximum absolute atomic E-state index is 3.94. The van der Waals surface area contributed by atoms with Crippen LogP contribution in [0, 0.1) is 0 Å². The Morgan fingerprint density at radius 1 is 0.348 bits per heavy atom. The second kappa shape index (κ2) is 12.3. The highest BCUT2D eigenvalue weighted by Gasteiger charge is 2.36. The van der Waals surface area contributed by atoms with Gasteiger partial charge >= 0.3 is 13.7 Å². The molecule has 216 valence electrons. The molecule has 0 aromatic heterocycles. The molecule has 2 heterocycles. The van der Waals surface area contributed by atoms with Crippen LogP contribution in [-0.2, 0) is 0 Å². The lowest BCUT2D eigenvalue weighted by molar-refractivity contribution is 1.52. The zero-order valence-corrected chi connectivity index (χ0v) is 25.5. The molecule has 4 heteroatoms. The maximum atomic E-state index is 3.94. The molecule has 2 nitrogen and oxygen atoms in total. The van der Waals surface area contributed by atoms with Gasteiger partial charge in [0.15, 0.2) is 0 Å². The minimum absolute atomic E-state index is 0.0513. The number of hydrogen-bond acceptors (Lipinski definition) is 2. The highest BCUT2D eigenvalue weighted by Crippen LogP contribution is 2.43. The minimum Gasteiger partial charge on any atom is -0.420 e. The van der Waals surface area contributed by atoms with Crippen LogP contribution in [0.25, 0.3) is 23.3 Å². The highest BCUT2D eigenvalue weighted by molar-refractivity contribution is 6.88. The molecule has 8 rings (SSSR count). The Bertz CT molecular complexity index is 1930. The molecule has 0 saturated heterocycles. The van der Waals surface area contributed by atoms with Gasteiger partial charge in [0.1, 0.15) is 0 Å². The molecule has 0 bridgehead atoms. The summed E-state index contributed by atoms with van der Waals surface area (Å²) in [6.07, 6.45) is 4.80. The number of benzene rings is 6. The van der Waals surface area contributed by atoms with Crippen molar-refractivity contribution < 1.29 is 0 Å². The molecule has 0 atom stereocenters. The van der Waals surface area contributed by atoms with Crippen molar-refractivity contribution in [2.45, 2.75) is 0 Å². The number of para-hydroxylation sites is 2. The summed E-state index contributed by atoms with van der Waals surface area (Å²) < 4.78 is 0. The summed E-state index contributed by atoms with van der Waals surface area (Å²) in [5, 5.41) is 7.89. The first-order valence-electron chi connectivity index (χ1n) is 15.9. The summed E-state index contributed by atoms with van der Waals surface area (Å²) in [4.78, 5) is 0. The van der Waals surface area contributed by atoms with Gasteiger partial charge in [0, 0.05) is 11.4 Å². The van der Waals surface area contributed by atoms with Crippen LogP contribution in [0.3, 0.4) is 0 Å². The molecule has 0 spiro atoms. The van der Waals surface area contributed by atoms with E-state index in [2.05, 4.69) is 192 Å². The zero-order valence-electron chi connectivity index (χ0n) is 25.5. The summed E-state index contributed by atoms with van der Waals surface area (Å²) in [6.45, 7) is -0.103. The average Bonchev–Trinajstić information content (AvgIpc) is 3.14. The molecule has 0 fully saturated rings. The molecule has 2 N–H and O–H groups in total. The quantitative estimate of drug-likeness (QED) is 0.151. The van der Waals surface area contributed by atoms with Gasteiger partial charge in [-0.3, -0.25) is 0 Å². The van der Waals surface area contributed by atoms with Gasteiger partial charge in [0.05, 0.1) is 0 Å². The van der Waals surface area contributed by atoms with Gasteiger partial charge in [-0.1, -0.05) is 181 Å². The first-order valence-corrected chi connectivity index (χ1v) is 15.9. The molecule has 0 radical (unpaired) electrons. The summed E-state index contributed by atoms with van der Waals surface area (Å²) in [5.41, 5.74) is 14.4. The van der Waals surface area contributed by atoms with Gasteiger partial charge in [-0.2, -0.15) is 0 Å². The molecule has 2 aliphatic rings. The van der Waals surface area contributed by atoms with Crippen LogP contribution >= 0.6 is 0 Å². The lowest BCUT2D eigenvalue weighted by Crippen LogP contribution is -2.44. The third kappa shape index (κ3) is 5.29. The van der Waals surface area contributed by atoms with Gasteiger partial charge in [-0.25, -0.2) is 0 Å². The lowest BCUT2D eigenvalue weighted by atomic mass is 9.43. The van der Waals surface area contributed by atoms with E-state index in [1.54, 1.807) is 0 Å². The van der Waals surface area contributed by atoms with E-state index >= 15 is 0 Å². The number of anilines is 2. The van der Waals surface area contributed by atoms with E-state index in [0.29, 0.717) is 0 Å². The zero-order chi connectivity index (χ0) is 30.7. The number of nitrogens with one attached hydrogen (secondary N) is 2. The standard InChI is InChI=1S/C42H32B2N2/c1-5-17-31(18-6-1)41(37-29-33-21-13-15-27-39(33)45-43(37)35-23-9-3-10-24-35)42(32-19-7-2-8-20-32)38-30-34-22-14-16-28-40(34)46-44(38)36-25-11-4-12-26-36/h1-30,45-46H/b42-41-. The molecule has 0 unspecified atom stereocenters. The predicted molar refractivity (Wildman–Crippen MR) is 199 cm³/mol. The molecule has 46 heavy (non-hydrogen) atoms. The van der Waals surface area contributed by atoms with Crippen LogP contribution in [-0.4, -0.2) is 13.7 Å². The fraction of sp³-hybridized carbons (Fsp3) is 0. The van der Waals surface area contributed by atoms with E-state index in [1.165, 1.54) is 55.3 Å². The SMILES string of the molecule is C1=C(/C(=C(\C2=Cc3ccccc3NB2c2ccccc2)c2ccccc2)c2ccccc2)B(c2ccccc2)Nc2ccccc21. The first-order chi connectivity index (χ1) is 22.8. The number of allylic oxidation sites excluding steroid dienone is 4. The summed E-state index contributed by atoms with van der Waals surface area (Å²) >= 11 is 0. The molecule has 0 saturated carbocycles. The van der Waals surface area contributed by atoms with E-state index in [0.717, 1.165) is 11.4 Å². The average molecular weight is 586 g/mol. The van der Waals surface area contributed by atoms with E-state index in [1.807, 2.05) is 0 Å². The third-order valence-corrected chi connectivity index (χ3v) is 8.98. The van der Waals surface area contributed by atoms with Crippen molar-refractivity contribution in [1.29, 1.82) is 0 Å². The van der Waals surface area contributed by atoms with Crippen molar-refractivity contribution >= 4 is 59.3 Å². The van der Waals surface area contributed by atoms with Gasteiger partial charge in [0.25, 0.3) is 0 Å². The molecule has 6 aromatic rings. The van der Waals surface area contributed by atoms with E-state index < -0.39 is 0 Å². The summed E-state index contributed by atoms with van der Waals surface area (Å²) in [5.74, 6) is 0. The molecule has 0 amide bonds. The van der Waals surface area contributed by atoms with Gasteiger partial charge in [-0.05, 0) is 56.5 Å². The van der Waals surface area contributed by atoms with Crippen LogP contribution in [0.5, 0.6) is 0 Å². The molecular weight excluding hydrogens is 554 g/mol. The van der Waals surface area contributed by atoms with Crippen molar-refractivity contribution in [2.24, 2.45) is 0 Å². The molecule has 2 aliphatic heterocycles. The van der Waals surface area contributed by atoms with Crippen molar-refractivity contribution in [2.75, 3.05) is 10.5 Å². The Morgan fingerprint density at radius 2 is 0.674 bits per heavy atom. The topological polar surface area (TPSA) is 24.1 Å². The van der Waals surface area contributed by atoms with E-state index in [-0.39, 0.29) is 13.7 Å². The fourth-order valence-corrected chi connectivity index (χ4v) is 6.85. The van der Waals surface area contributed by atoms with Crippen LogP contribution in [0.15, 0.2) is 181 Å². The largest absolute Gasteiger partial charge is 0.420 e. The second-order valence-electron chi connectivity index (χ2n) is 11.8. The van der Waals surface area contributed by atoms with Crippen LogP contribution < -0.4 is 21.4 Å². The van der Waals surface area contributed by atoms with Crippen molar-refractivity contribution in [3.63, 3.8) is 0 Å². The number of hydrogen-bond donors (Lipinski definition) is 2. The molecule has 6 aromatic carbocycles. The third-order valence-electron chi connectivity index (χ3n) is 8.98. The van der Waals surface area contributed by atoms with Crippen molar-refractivity contribution in [3.8, 4) is 0 Å². The molecule has 0 aliphatic carbocycles.